The maximum atomic E-state index is 12.8. The van der Waals surface area contributed by atoms with Crippen molar-refractivity contribution < 1.29 is 32.2 Å². The van der Waals surface area contributed by atoms with Gasteiger partial charge < -0.3 is 14.5 Å². The van der Waals surface area contributed by atoms with Gasteiger partial charge in [-0.05, 0) is 42.5 Å². The summed E-state index contributed by atoms with van der Waals surface area (Å²) in [6.45, 7) is 1.19. The largest absolute Gasteiger partial charge is 0.573 e. The second-order valence-corrected chi connectivity index (χ2v) is 5.95. The van der Waals surface area contributed by atoms with E-state index in [1.165, 1.54) is 19.1 Å². The van der Waals surface area contributed by atoms with Crippen LogP contribution in [0, 0.1) is 0 Å². The molecule has 0 unspecified atom stereocenters. The summed E-state index contributed by atoms with van der Waals surface area (Å²) in [7, 11) is 0. The lowest BCUT2D eigenvalue weighted by Crippen LogP contribution is -2.17. The fraction of sp³-hybridized carbons (Fsp3) is 0.111. The number of nitrogens with one attached hydrogen (secondary N) is 1. The maximum absolute atomic E-state index is 12.8. The van der Waals surface area contributed by atoms with Gasteiger partial charge in [-0.25, -0.2) is 0 Å². The highest BCUT2D eigenvalue weighted by molar-refractivity contribution is 6.31. The normalized spacial score (nSPS) is 11.4. The number of aromatic amines is 1. The van der Waals surface area contributed by atoms with Crippen LogP contribution in [0.1, 0.15) is 23.0 Å². The molecule has 5 nitrogen and oxygen atoms in total. The van der Waals surface area contributed by atoms with E-state index in [0.29, 0.717) is 15.9 Å². The lowest BCUT2D eigenvalue weighted by atomic mass is 10.1. The Labute approximate surface area is 155 Å². The highest BCUT2D eigenvalue weighted by atomic mass is 35.5. The van der Waals surface area contributed by atoms with Gasteiger partial charge in [0.2, 0.25) is 5.78 Å². The zero-order chi connectivity index (χ0) is 19.8. The van der Waals surface area contributed by atoms with Crippen LogP contribution >= 0.6 is 11.6 Å². The first-order valence-corrected chi connectivity index (χ1v) is 7.92. The Hall–Kier alpha value is -3.00. The molecule has 1 heterocycles. The van der Waals surface area contributed by atoms with Gasteiger partial charge in [0.05, 0.1) is 5.52 Å². The van der Waals surface area contributed by atoms with Crippen molar-refractivity contribution in [1.82, 2.24) is 4.98 Å². The topological polar surface area (TPSA) is 68.4 Å². The molecule has 0 atom stereocenters. The van der Waals surface area contributed by atoms with Crippen molar-refractivity contribution >= 4 is 34.3 Å². The number of H-pyrrole nitrogens is 1. The highest BCUT2D eigenvalue weighted by Crippen LogP contribution is 2.34. The lowest BCUT2D eigenvalue weighted by Gasteiger charge is -2.09. The standard InChI is InChI=1S/C18H11ClF3NO4/c1-9(24)26-17-13-7-4-11(19)8-14(13)23-15(17)16(25)10-2-5-12(6-3-10)27-18(20,21)22/h2-8,23H,1H3. The molecule has 1 aromatic heterocycles. The smallest absolute Gasteiger partial charge is 0.424 e. The van der Waals surface area contributed by atoms with Gasteiger partial charge in [-0.3, -0.25) is 9.59 Å². The molecule has 9 heteroatoms. The molecule has 3 aromatic rings. The van der Waals surface area contributed by atoms with Crippen LogP contribution in [0.4, 0.5) is 13.2 Å². The fourth-order valence-corrected chi connectivity index (χ4v) is 2.68. The number of benzene rings is 2. The average molecular weight is 398 g/mol. The SMILES string of the molecule is CC(=O)Oc1c(C(=O)c2ccc(OC(F)(F)F)cc2)[nH]c2cc(Cl)ccc12. The van der Waals surface area contributed by atoms with Crippen LogP contribution in [-0.4, -0.2) is 23.1 Å². The van der Waals surface area contributed by atoms with E-state index in [4.69, 9.17) is 16.3 Å². The third-order valence-corrected chi connectivity index (χ3v) is 3.77. The Morgan fingerprint density at radius 3 is 2.33 bits per heavy atom. The summed E-state index contributed by atoms with van der Waals surface area (Å²) < 4.78 is 45.7. The Morgan fingerprint density at radius 2 is 1.74 bits per heavy atom. The van der Waals surface area contributed by atoms with E-state index in [0.717, 1.165) is 12.1 Å². The van der Waals surface area contributed by atoms with E-state index in [2.05, 4.69) is 9.72 Å². The number of carbonyl (C=O) groups is 2. The number of hydrogen-bond acceptors (Lipinski definition) is 4. The Balaban J connectivity index is 2.01. The van der Waals surface area contributed by atoms with Gasteiger partial charge in [0, 0.05) is 22.9 Å². The zero-order valence-corrected chi connectivity index (χ0v) is 14.4. The zero-order valence-electron chi connectivity index (χ0n) is 13.7. The fourth-order valence-electron chi connectivity index (χ4n) is 2.51. The molecule has 0 aliphatic carbocycles. The van der Waals surface area contributed by atoms with Crippen molar-refractivity contribution in [2.75, 3.05) is 0 Å². The molecule has 0 amide bonds. The second kappa shape index (κ2) is 6.96. The molecule has 0 aliphatic heterocycles. The first-order valence-electron chi connectivity index (χ1n) is 7.54. The van der Waals surface area contributed by atoms with Crippen LogP contribution in [0.25, 0.3) is 10.9 Å². The molecule has 0 saturated heterocycles. The number of alkyl halides is 3. The molecular weight excluding hydrogens is 387 g/mol. The van der Waals surface area contributed by atoms with Crippen LogP contribution in [0.15, 0.2) is 42.5 Å². The highest BCUT2D eigenvalue weighted by Gasteiger charge is 2.31. The van der Waals surface area contributed by atoms with Crippen LogP contribution in [0.2, 0.25) is 5.02 Å². The number of aromatic nitrogens is 1. The Kier molecular flexibility index (Phi) is 4.84. The molecule has 27 heavy (non-hydrogen) atoms. The van der Waals surface area contributed by atoms with Crippen LogP contribution in [0.5, 0.6) is 11.5 Å². The first-order chi connectivity index (χ1) is 12.6. The van der Waals surface area contributed by atoms with Gasteiger partial charge in [0.1, 0.15) is 11.4 Å². The van der Waals surface area contributed by atoms with Crippen molar-refractivity contribution in [3.8, 4) is 11.5 Å². The van der Waals surface area contributed by atoms with E-state index in [-0.39, 0.29) is 17.0 Å². The summed E-state index contributed by atoms with van der Waals surface area (Å²) in [6, 6.07) is 9.11. The maximum Gasteiger partial charge on any atom is 0.573 e. The van der Waals surface area contributed by atoms with Gasteiger partial charge in [-0.15, -0.1) is 13.2 Å². The molecule has 0 saturated carbocycles. The van der Waals surface area contributed by atoms with E-state index in [1.807, 2.05) is 0 Å². The second-order valence-electron chi connectivity index (χ2n) is 5.51. The Bertz CT molecular complexity index is 1030. The number of ketones is 1. The summed E-state index contributed by atoms with van der Waals surface area (Å²) >= 11 is 5.93. The monoisotopic (exact) mass is 397 g/mol. The van der Waals surface area contributed by atoms with Crippen LogP contribution in [-0.2, 0) is 4.79 Å². The van der Waals surface area contributed by atoms with Gasteiger partial charge in [-0.2, -0.15) is 0 Å². The lowest BCUT2D eigenvalue weighted by molar-refractivity contribution is -0.274. The van der Waals surface area contributed by atoms with Crippen LogP contribution in [0.3, 0.4) is 0 Å². The molecule has 2 aromatic carbocycles. The number of ether oxygens (including phenoxy) is 2. The van der Waals surface area contributed by atoms with Crippen molar-refractivity contribution in [1.29, 1.82) is 0 Å². The molecule has 1 N–H and O–H groups in total. The van der Waals surface area contributed by atoms with Gasteiger partial charge in [0.15, 0.2) is 5.75 Å². The van der Waals surface area contributed by atoms with E-state index >= 15 is 0 Å². The van der Waals surface area contributed by atoms with Crippen LogP contribution < -0.4 is 9.47 Å². The molecule has 3 rings (SSSR count). The molecule has 0 bridgehead atoms. The Morgan fingerprint density at radius 1 is 1.07 bits per heavy atom. The molecule has 0 aliphatic rings. The predicted octanol–water partition coefficient (Wildman–Crippen LogP) is 4.88. The molecule has 0 radical (unpaired) electrons. The van der Waals surface area contributed by atoms with E-state index in [1.54, 1.807) is 18.2 Å². The summed E-state index contributed by atoms with van der Waals surface area (Å²) in [6.07, 6.45) is -4.83. The van der Waals surface area contributed by atoms with Crippen molar-refractivity contribution in [3.05, 3.63) is 58.7 Å². The summed E-state index contributed by atoms with van der Waals surface area (Å²) in [4.78, 5) is 27.0. The minimum absolute atomic E-state index is 0.0213. The van der Waals surface area contributed by atoms with Gasteiger partial charge in [0.25, 0.3) is 0 Å². The summed E-state index contributed by atoms with van der Waals surface area (Å²) in [5.41, 5.74) is 0.529. The number of rotatable bonds is 4. The summed E-state index contributed by atoms with van der Waals surface area (Å²) in [5.74, 6) is -1.64. The molecular formula is C18H11ClF3NO4. The van der Waals surface area contributed by atoms with E-state index in [9.17, 15) is 22.8 Å². The van der Waals surface area contributed by atoms with Crippen molar-refractivity contribution in [2.45, 2.75) is 13.3 Å². The molecule has 140 valence electrons. The van der Waals surface area contributed by atoms with Crippen molar-refractivity contribution in [3.63, 3.8) is 0 Å². The number of esters is 1. The molecule has 0 fully saturated rings. The quantitative estimate of drug-likeness (QED) is 0.503. The minimum Gasteiger partial charge on any atom is -0.424 e. The number of fused-ring (bicyclic) bond motifs is 1. The first kappa shape index (κ1) is 18.8. The van der Waals surface area contributed by atoms with E-state index < -0.39 is 23.9 Å². The average Bonchev–Trinajstić information content (AvgIpc) is 2.90. The van der Waals surface area contributed by atoms with Gasteiger partial charge in [-0.1, -0.05) is 11.6 Å². The van der Waals surface area contributed by atoms with Crippen molar-refractivity contribution in [2.24, 2.45) is 0 Å². The number of halogens is 4. The third kappa shape index (κ3) is 4.22. The molecule has 0 spiro atoms. The third-order valence-electron chi connectivity index (χ3n) is 3.54. The van der Waals surface area contributed by atoms with Gasteiger partial charge >= 0.3 is 12.3 Å². The predicted molar refractivity (Wildman–Crippen MR) is 91.2 cm³/mol. The summed E-state index contributed by atoms with van der Waals surface area (Å²) in [5, 5.41) is 0.876. The number of hydrogen-bond donors (Lipinski definition) is 1. The minimum atomic E-state index is -4.83. The number of carbonyl (C=O) groups excluding carboxylic acids is 2.